The van der Waals surface area contributed by atoms with Gasteiger partial charge in [-0.25, -0.2) is 0 Å². The fourth-order valence-electron chi connectivity index (χ4n) is 3.11. The lowest BCUT2D eigenvalue weighted by Gasteiger charge is -2.28. The molecule has 2 aromatic rings. The van der Waals surface area contributed by atoms with Gasteiger partial charge in [0.2, 0.25) is 0 Å². The van der Waals surface area contributed by atoms with Crippen molar-refractivity contribution in [2.75, 3.05) is 32.7 Å². The second kappa shape index (κ2) is 11.7. The first-order valence-corrected chi connectivity index (χ1v) is 10.8. The van der Waals surface area contributed by atoms with Crippen LogP contribution in [-0.4, -0.2) is 58.3 Å². The number of rotatable bonds is 11. The molecule has 1 unspecified atom stereocenters. The molecule has 27 heavy (non-hydrogen) atoms. The second-order valence-corrected chi connectivity index (χ2v) is 7.01. The molecule has 0 aliphatic carbocycles. The molecule has 2 rings (SSSR count). The third kappa shape index (κ3) is 6.32. The zero-order valence-corrected chi connectivity index (χ0v) is 17.8. The van der Waals surface area contributed by atoms with Gasteiger partial charge in [-0.3, -0.25) is 9.89 Å². The van der Waals surface area contributed by atoms with E-state index in [0.717, 1.165) is 57.5 Å². The molecule has 0 radical (unpaired) electrons. The van der Waals surface area contributed by atoms with Crippen molar-refractivity contribution in [3.05, 3.63) is 34.5 Å². The highest BCUT2D eigenvalue weighted by molar-refractivity contribution is 7.07. The molecule has 2 heterocycles. The largest absolute Gasteiger partial charge is 0.357 e. The van der Waals surface area contributed by atoms with E-state index < -0.39 is 0 Å². The average molecular weight is 392 g/mol. The Labute approximate surface area is 166 Å². The van der Waals surface area contributed by atoms with Crippen LogP contribution in [0.4, 0.5) is 0 Å². The lowest BCUT2D eigenvalue weighted by molar-refractivity contribution is 0.224. The zero-order chi connectivity index (χ0) is 19.5. The molecule has 2 aromatic heterocycles. The Morgan fingerprint density at radius 3 is 2.70 bits per heavy atom. The standard InChI is InChI=1S/C19H33N7S/c1-5-18-24-23-15-26(18)11-10-21-19(20-6-2)22-13-17(25(7-3)8-4)16-9-12-27-14-16/h9,12,14-15,17H,5-8,10-11,13H2,1-4H3,(H2,20,21,22). The maximum Gasteiger partial charge on any atom is 0.191 e. The van der Waals surface area contributed by atoms with E-state index in [1.165, 1.54) is 5.56 Å². The molecule has 0 aliphatic heterocycles. The van der Waals surface area contributed by atoms with E-state index in [9.17, 15) is 0 Å². The van der Waals surface area contributed by atoms with E-state index in [0.29, 0.717) is 6.04 Å². The lowest BCUT2D eigenvalue weighted by atomic mass is 10.1. The molecule has 0 saturated heterocycles. The number of thiophene rings is 1. The first kappa shape index (κ1) is 21.4. The molecular weight excluding hydrogens is 358 g/mol. The van der Waals surface area contributed by atoms with Crippen molar-refractivity contribution in [3.8, 4) is 0 Å². The molecule has 0 saturated carbocycles. The summed E-state index contributed by atoms with van der Waals surface area (Å²) in [5.74, 6) is 1.87. The minimum Gasteiger partial charge on any atom is -0.357 e. The number of aliphatic imine (C=N–C) groups is 1. The van der Waals surface area contributed by atoms with Gasteiger partial charge in [-0.05, 0) is 42.4 Å². The summed E-state index contributed by atoms with van der Waals surface area (Å²) in [4.78, 5) is 7.32. The Hall–Kier alpha value is -1.93. The molecule has 0 amide bonds. The van der Waals surface area contributed by atoms with Crippen LogP contribution in [0.3, 0.4) is 0 Å². The van der Waals surface area contributed by atoms with Crippen LogP contribution < -0.4 is 10.6 Å². The van der Waals surface area contributed by atoms with Gasteiger partial charge >= 0.3 is 0 Å². The number of likely N-dealkylation sites (N-methyl/N-ethyl adjacent to an activating group) is 1. The van der Waals surface area contributed by atoms with Gasteiger partial charge in [0, 0.05) is 26.1 Å². The number of nitrogens with one attached hydrogen (secondary N) is 2. The highest BCUT2D eigenvalue weighted by Crippen LogP contribution is 2.23. The molecule has 150 valence electrons. The third-order valence-electron chi connectivity index (χ3n) is 4.60. The monoisotopic (exact) mass is 391 g/mol. The van der Waals surface area contributed by atoms with Gasteiger partial charge in [0.25, 0.3) is 0 Å². The van der Waals surface area contributed by atoms with E-state index in [2.05, 4.69) is 74.8 Å². The SMILES string of the molecule is CCNC(=NCC(c1ccsc1)N(CC)CC)NCCn1cnnc1CC. The van der Waals surface area contributed by atoms with Gasteiger partial charge in [-0.1, -0.05) is 20.8 Å². The van der Waals surface area contributed by atoms with Gasteiger partial charge in [0.1, 0.15) is 12.2 Å². The fourth-order valence-corrected chi connectivity index (χ4v) is 3.82. The summed E-state index contributed by atoms with van der Waals surface area (Å²) < 4.78 is 2.08. The Morgan fingerprint density at radius 2 is 2.07 bits per heavy atom. The Balaban J connectivity index is 1.99. The zero-order valence-electron chi connectivity index (χ0n) is 17.0. The maximum atomic E-state index is 4.86. The summed E-state index contributed by atoms with van der Waals surface area (Å²) in [5, 5.41) is 19.3. The predicted molar refractivity (Wildman–Crippen MR) is 113 cm³/mol. The molecular formula is C19H33N7S. The molecule has 8 heteroatoms. The van der Waals surface area contributed by atoms with Crippen LogP contribution in [0, 0.1) is 0 Å². The van der Waals surface area contributed by atoms with Gasteiger partial charge in [-0.15, -0.1) is 10.2 Å². The van der Waals surface area contributed by atoms with E-state index in [4.69, 9.17) is 4.99 Å². The van der Waals surface area contributed by atoms with Crippen LogP contribution in [0.5, 0.6) is 0 Å². The molecule has 0 fully saturated rings. The van der Waals surface area contributed by atoms with Gasteiger partial charge < -0.3 is 15.2 Å². The molecule has 0 bridgehead atoms. The quantitative estimate of drug-likeness (QED) is 0.455. The molecule has 0 spiro atoms. The van der Waals surface area contributed by atoms with E-state index in [-0.39, 0.29) is 0 Å². The van der Waals surface area contributed by atoms with Gasteiger partial charge in [-0.2, -0.15) is 11.3 Å². The van der Waals surface area contributed by atoms with Crippen molar-refractivity contribution < 1.29 is 0 Å². The van der Waals surface area contributed by atoms with Gasteiger partial charge in [0.15, 0.2) is 5.96 Å². The minimum atomic E-state index is 0.311. The van der Waals surface area contributed by atoms with Crippen LogP contribution in [0.1, 0.15) is 45.1 Å². The Morgan fingerprint density at radius 1 is 1.26 bits per heavy atom. The molecule has 2 N–H and O–H groups in total. The lowest BCUT2D eigenvalue weighted by Crippen LogP contribution is -2.40. The number of hydrogen-bond donors (Lipinski definition) is 2. The van der Waals surface area contributed by atoms with Crippen LogP contribution in [0.25, 0.3) is 0 Å². The highest BCUT2D eigenvalue weighted by Gasteiger charge is 2.18. The Kier molecular flexibility index (Phi) is 9.27. The summed E-state index contributed by atoms with van der Waals surface area (Å²) in [5.41, 5.74) is 1.35. The van der Waals surface area contributed by atoms with E-state index >= 15 is 0 Å². The van der Waals surface area contributed by atoms with Crippen LogP contribution in [-0.2, 0) is 13.0 Å². The molecule has 0 aliphatic rings. The maximum absolute atomic E-state index is 4.86. The highest BCUT2D eigenvalue weighted by atomic mass is 32.1. The van der Waals surface area contributed by atoms with Crippen LogP contribution in [0.15, 0.2) is 28.1 Å². The van der Waals surface area contributed by atoms with Gasteiger partial charge in [0.05, 0.1) is 12.6 Å². The summed E-state index contributed by atoms with van der Waals surface area (Å²) in [6.45, 7) is 13.8. The van der Waals surface area contributed by atoms with Crippen LogP contribution >= 0.6 is 11.3 Å². The third-order valence-corrected chi connectivity index (χ3v) is 5.31. The number of nitrogens with zero attached hydrogens (tertiary/aromatic N) is 5. The van der Waals surface area contributed by atoms with Crippen molar-refractivity contribution in [3.63, 3.8) is 0 Å². The van der Waals surface area contributed by atoms with Crippen molar-refractivity contribution in [2.24, 2.45) is 4.99 Å². The number of aryl methyl sites for hydroxylation is 1. The molecule has 7 nitrogen and oxygen atoms in total. The van der Waals surface area contributed by atoms with Crippen molar-refractivity contribution >= 4 is 17.3 Å². The smallest absolute Gasteiger partial charge is 0.191 e. The number of guanidine groups is 1. The topological polar surface area (TPSA) is 70.4 Å². The normalized spacial score (nSPS) is 13.1. The fraction of sp³-hybridized carbons (Fsp3) is 0.632. The summed E-state index contributed by atoms with van der Waals surface area (Å²) in [6, 6.07) is 2.52. The Bertz CT molecular complexity index is 661. The first-order valence-electron chi connectivity index (χ1n) is 9.88. The number of aromatic nitrogens is 3. The van der Waals surface area contributed by atoms with Crippen LogP contribution in [0.2, 0.25) is 0 Å². The molecule has 0 aromatic carbocycles. The first-order chi connectivity index (χ1) is 13.2. The second-order valence-electron chi connectivity index (χ2n) is 6.23. The van der Waals surface area contributed by atoms with Crippen molar-refractivity contribution in [1.29, 1.82) is 0 Å². The van der Waals surface area contributed by atoms with Crippen molar-refractivity contribution in [1.82, 2.24) is 30.3 Å². The van der Waals surface area contributed by atoms with Crippen molar-refractivity contribution in [2.45, 2.75) is 46.7 Å². The number of hydrogen-bond acceptors (Lipinski definition) is 5. The average Bonchev–Trinajstić information content (AvgIpc) is 3.36. The molecule has 1 atom stereocenters. The van der Waals surface area contributed by atoms with E-state index in [1.807, 2.05) is 0 Å². The summed E-state index contributed by atoms with van der Waals surface area (Å²) in [6.07, 6.45) is 2.68. The minimum absolute atomic E-state index is 0.311. The summed E-state index contributed by atoms with van der Waals surface area (Å²) >= 11 is 1.75. The van der Waals surface area contributed by atoms with E-state index in [1.54, 1.807) is 17.7 Å². The summed E-state index contributed by atoms with van der Waals surface area (Å²) in [7, 11) is 0. The predicted octanol–water partition coefficient (Wildman–Crippen LogP) is 2.54.